The molecule has 1 aromatic rings. The average molecular weight is 366 g/mol. The van der Waals surface area contributed by atoms with Crippen molar-refractivity contribution in [2.75, 3.05) is 6.61 Å². The molecule has 0 amide bonds. The number of rotatable bonds is 8. The highest BCUT2D eigenvalue weighted by molar-refractivity contribution is 5.95. The number of ketones is 1. The summed E-state index contributed by atoms with van der Waals surface area (Å²) in [5.41, 5.74) is -0.0992. The lowest BCUT2D eigenvalue weighted by Crippen LogP contribution is -2.22. The van der Waals surface area contributed by atoms with Gasteiger partial charge in [0.15, 0.2) is 12.4 Å². The molecule has 1 unspecified atom stereocenters. The number of carbonyl (C=O) groups is 1. The fourth-order valence-electron chi connectivity index (χ4n) is 3.15. The van der Waals surface area contributed by atoms with Gasteiger partial charge in [0, 0.05) is 24.2 Å². The summed E-state index contributed by atoms with van der Waals surface area (Å²) in [5.74, 6) is 0.371. The fraction of sp³-hybridized carbons (Fsp3) is 0.632. The molecule has 0 bridgehead atoms. The minimum atomic E-state index is -4.45. The van der Waals surface area contributed by atoms with Crippen LogP contribution < -0.4 is 4.74 Å². The minimum Gasteiger partial charge on any atom is -0.484 e. The summed E-state index contributed by atoms with van der Waals surface area (Å²) in [5, 5.41) is 9.44. The first kappa shape index (κ1) is 18.7. The van der Waals surface area contributed by atoms with Gasteiger partial charge in [-0.2, -0.15) is 18.4 Å². The van der Waals surface area contributed by atoms with Crippen LogP contribution in [0.5, 0.6) is 5.75 Å². The number of pyridine rings is 1. The van der Waals surface area contributed by atoms with Gasteiger partial charge in [-0.15, -0.1) is 0 Å². The van der Waals surface area contributed by atoms with Crippen molar-refractivity contribution >= 4 is 5.78 Å². The third-order valence-electron chi connectivity index (χ3n) is 4.85. The predicted molar refractivity (Wildman–Crippen MR) is 87.8 cm³/mol. The van der Waals surface area contributed by atoms with Crippen molar-refractivity contribution in [2.45, 2.75) is 57.5 Å². The van der Waals surface area contributed by atoms with Crippen molar-refractivity contribution in [3.05, 3.63) is 23.5 Å². The molecule has 0 spiro atoms. The van der Waals surface area contributed by atoms with Gasteiger partial charge >= 0.3 is 6.18 Å². The maximum Gasteiger partial charge on any atom is 0.422 e. The van der Waals surface area contributed by atoms with Gasteiger partial charge in [-0.05, 0) is 38.0 Å². The molecule has 1 heterocycles. The highest BCUT2D eigenvalue weighted by Gasteiger charge is 2.36. The first-order valence-electron chi connectivity index (χ1n) is 8.83. The summed E-state index contributed by atoms with van der Waals surface area (Å²) >= 11 is 0. The molecule has 2 fully saturated rings. The van der Waals surface area contributed by atoms with Crippen LogP contribution in [0.2, 0.25) is 0 Å². The molecule has 7 heteroatoms. The number of nitrogens with zero attached hydrogens (tertiary/aromatic N) is 2. The molecule has 0 radical (unpaired) electrons. The quantitative estimate of drug-likeness (QED) is 0.620. The molecule has 1 atom stereocenters. The largest absolute Gasteiger partial charge is 0.484 e. The smallest absolute Gasteiger partial charge is 0.422 e. The van der Waals surface area contributed by atoms with Crippen LogP contribution in [0, 0.1) is 22.7 Å². The Labute approximate surface area is 150 Å². The van der Waals surface area contributed by atoms with Crippen molar-refractivity contribution in [1.29, 1.82) is 5.26 Å². The van der Waals surface area contributed by atoms with Gasteiger partial charge in [0.05, 0.1) is 11.5 Å². The lowest BCUT2D eigenvalue weighted by molar-refractivity contribution is -0.153. The van der Waals surface area contributed by atoms with Crippen molar-refractivity contribution in [2.24, 2.45) is 11.3 Å². The molecule has 0 N–H and O–H groups in total. The van der Waals surface area contributed by atoms with E-state index in [-0.39, 0.29) is 29.6 Å². The number of aromatic nitrogens is 1. The molecule has 4 nitrogen and oxygen atoms in total. The van der Waals surface area contributed by atoms with Gasteiger partial charge in [0.2, 0.25) is 0 Å². The van der Waals surface area contributed by atoms with Gasteiger partial charge in [0.1, 0.15) is 11.4 Å². The summed E-state index contributed by atoms with van der Waals surface area (Å²) < 4.78 is 42.4. The Balaban J connectivity index is 1.76. The van der Waals surface area contributed by atoms with Gasteiger partial charge < -0.3 is 4.74 Å². The first-order valence-corrected chi connectivity index (χ1v) is 8.83. The zero-order valence-corrected chi connectivity index (χ0v) is 14.6. The standard InChI is InChI=1S/C19H21F3N2O2/c1-18(10-23,7-12-2-3-12)8-16(25)15-6-17(26-11-19(20,21)22)14(9-24-15)13-4-5-13/h6,9,12-13H,2-5,7-8,11H2,1H3. The molecule has 26 heavy (non-hydrogen) atoms. The van der Waals surface area contributed by atoms with E-state index in [1.54, 1.807) is 6.92 Å². The van der Waals surface area contributed by atoms with Crippen molar-refractivity contribution in [3.63, 3.8) is 0 Å². The summed E-state index contributed by atoms with van der Waals surface area (Å²) in [6, 6.07) is 3.52. The van der Waals surface area contributed by atoms with E-state index in [2.05, 4.69) is 11.1 Å². The van der Waals surface area contributed by atoms with Gasteiger partial charge in [0.25, 0.3) is 0 Å². The zero-order valence-electron chi connectivity index (χ0n) is 14.6. The van der Waals surface area contributed by atoms with E-state index in [4.69, 9.17) is 4.74 Å². The minimum absolute atomic E-state index is 0.00842. The van der Waals surface area contributed by atoms with Crippen LogP contribution in [0.1, 0.15) is 67.4 Å². The topological polar surface area (TPSA) is 63.0 Å². The van der Waals surface area contributed by atoms with E-state index in [9.17, 15) is 23.2 Å². The van der Waals surface area contributed by atoms with E-state index < -0.39 is 18.2 Å². The van der Waals surface area contributed by atoms with E-state index in [1.807, 2.05) is 0 Å². The van der Waals surface area contributed by atoms with Gasteiger partial charge in [-0.25, -0.2) is 0 Å². The molecular weight excluding hydrogens is 345 g/mol. The fourth-order valence-corrected chi connectivity index (χ4v) is 3.15. The van der Waals surface area contributed by atoms with Gasteiger partial charge in [-0.1, -0.05) is 12.8 Å². The number of halogens is 3. The molecule has 0 saturated heterocycles. The first-order chi connectivity index (χ1) is 12.2. The Morgan fingerprint density at radius 3 is 2.58 bits per heavy atom. The molecule has 1 aromatic heterocycles. The van der Waals surface area contributed by atoms with Crippen LogP contribution in [0.15, 0.2) is 12.3 Å². The van der Waals surface area contributed by atoms with E-state index in [0.29, 0.717) is 17.9 Å². The Morgan fingerprint density at radius 1 is 1.35 bits per heavy atom. The number of Topliss-reactive ketones (excluding diaryl/α,β-unsaturated/α-hetero) is 1. The van der Waals surface area contributed by atoms with E-state index >= 15 is 0 Å². The maximum atomic E-state index is 12.6. The second-order valence-electron chi connectivity index (χ2n) is 7.71. The molecule has 2 aliphatic carbocycles. The number of carbonyl (C=O) groups excluding carboxylic acids is 1. The molecule has 0 aromatic carbocycles. The summed E-state index contributed by atoms with van der Waals surface area (Å²) in [6.07, 6.45) is 1.58. The van der Waals surface area contributed by atoms with Crippen molar-refractivity contribution in [3.8, 4) is 11.8 Å². The Morgan fingerprint density at radius 2 is 2.04 bits per heavy atom. The molecule has 2 aliphatic rings. The highest BCUT2D eigenvalue weighted by Crippen LogP contribution is 2.45. The number of hydrogen-bond donors (Lipinski definition) is 0. The van der Waals surface area contributed by atoms with Crippen LogP contribution in [0.4, 0.5) is 13.2 Å². The Kier molecular flexibility index (Phi) is 4.96. The molecule has 2 saturated carbocycles. The highest BCUT2D eigenvalue weighted by atomic mass is 19.4. The lowest BCUT2D eigenvalue weighted by atomic mass is 9.81. The second kappa shape index (κ2) is 6.90. The van der Waals surface area contributed by atoms with Crippen LogP contribution in [0.3, 0.4) is 0 Å². The third-order valence-corrected chi connectivity index (χ3v) is 4.85. The van der Waals surface area contributed by atoms with Crippen LogP contribution in [0.25, 0.3) is 0 Å². The van der Waals surface area contributed by atoms with E-state index in [0.717, 1.165) is 25.7 Å². The maximum absolute atomic E-state index is 12.6. The molecule has 3 rings (SSSR count). The lowest BCUT2D eigenvalue weighted by Gasteiger charge is -2.20. The number of hydrogen-bond acceptors (Lipinski definition) is 4. The van der Waals surface area contributed by atoms with Crippen LogP contribution in [-0.2, 0) is 0 Å². The average Bonchev–Trinajstić information content (AvgIpc) is 3.46. The SMILES string of the molecule is CC(C#N)(CC(=O)c1cc(OCC(F)(F)F)c(C2CC2)cn1)CC1CC1. The summed E-state index contributed by atoms with van der Waals surface area (Å²) in [6.45, 7) is 0.352. The number of nitriles is 1. The molecule has 0 aliphatic heterocycles. The number of ether oxygens (including phenoxy) is 1. The Bertz CT molecular complexity index is 733. The third kappa shape index (κ3) is 4.96. The van der Waals surface area contributed by atoms with Crippen molar-refractivity contribution < 1.29 is 22.7 Å². The van der Waals surface area contributed by atoms with Gasteiger partial charge in [-0.3, -0.25) is 9.78 Å². The normalized spacial score (nSPS) is 19.5. The summed E-state index contributed by atoms with van der Waals surface area (Å²) in [4.78, 5) is 16.7. The molecular formula is C19H21F3N2O2. The van der Waals surface area contributed by atoms with Crippen molar-refractivity contribution in [1.82, 2.24) is 4.98 Å². The van der Waals surface area contributed by atoms with Crippen LogP contribution in [-0.4, -0.2) is 23.6 Å². The Hall–Kier alpha value is -2.10. The number of alkyl halides is 3. The van der Waals surface area contributed by atoms with Crippen LogP contribution >= 0.6 is 0 Å². The monoisotopic (exact) mass is 366 g/mol. The second-order valence-corrected chi connectivity index (χ2v) is 7.71. The zero-order chi connectivity index (χ0) is 18.9. The van der Waals surface area contributed by atoms with E-state index in [1.165, 1.54) is 12.3 Å². The predicted octanol–water partition coefficient (Wildman–Crippen LogP) is 4.80. The molecule has 140 valence electrons. The summed E-state index contributed by atoms with van der Waals surface area (Å²) in [7, 11) is 0.